The molecule has 0 unspecified atom stereocenters. The van der Waals surface area contributed by atoms with Crippen LogP contribution in [0.15, 0.2) is 30.3 Å². The lowest BCUT2D eigenvalue weighted by Crippen LogP contribution is -2.40. The summed E-state index contributed by atoms with van der Waals surface area (Å²) >= 11 is 0. The van der Waals surface area contributed by atoms with Crippen molar-refractivity contribution >= 4 is 38.4 Å². The van der Waals surface area contributed by atoms with E-state index in [0.717, 1.165) is 18.5 Å². The number of anilines is 1. The van der Waals surface area contributed by atoms with Gasteiger partial charge in [-0.2, -0.15) is 5.10 Å². The van der Waals surface area contributed by atoms with Crippen molar-refractivity contribution in [2.45, 2.75) is 46.6 Å². The molecule has 3 aromatic rings. The zero-order valence-corrected chi connectivity index (χ0v) is 21.6. The molecule has 10 nitrogen and oxygen atoms in total. The Bertz CT molecular complexity index is 1410. The molecule has 1 saturated heterocycles. The number of aryl methyl sites for hydroxylation is 1. The Morgan fingerprint density at radius 3 is 2.53 bits per heavy atom. The first-order valence-electron chi connectivity index (χ1n) is 12.1. The van der Waals surface area contributed by atoms with E-state index in [1.54, 1.807) is 28.6 Å². The van der Waals surface area contributed by atoms with Crippen molar-refractivity contribution in [3.63, 3.8) is 0 Å². The Morgan fingerprint density at radius 2 is 1.86 bits per heavy atom. The molecule has 192 valence electrons. The fourth-order valence-corrected chi connectivity index (χ4v) is 6.27. The second kappa shape index (κ2) is 10.4. The number of carbonyl (C=O) groups is 2. The Hall–Kier alpha value is -3.31. The van der Waals surface area contributed by atoms with Crippen LogP contribution >= 0.6 is 0 Å². The average molecular weight is 513 g/mol. The maximum Gasteiger partial charge on any atom is 0.267 e. The molecule has 1 aliphatic heterocycles. The Balaban J connectivity index is 1.51. The number of carbonyl (C=O) groups excluding carboxylic acids is 2. The minimum absolute atomic E-state index is 0.0234. The fraction of sp³-hybridized carbons (Fsp3) is 0.440. The third kappa shape index (κ3) is 5.26. The summed E-state index contributed by atoms with van der Waals surface area (Å²) in [5.41, 5.74) is 8.38. The smallest absolute Gasteiger partial charge is 0.267 e. The molecule has 0 aliphatic carbocycles. The molecule has 3 heterocycles. The molecule has 0 saturated carbocycles. The van der Waals surface area contributed by atoms with Gasteiger partial charge in [0.1, 0.15) is 5.69 Å². The minimum Gasteiger partial charge on any atom is -0.364 e. The van der Waals surface area contributed by atoms with Gasteiger partial charge in [-0.3, -0.25) is 14.3 Å². The van der Waals surface area contributed by atoms with Crippen LogP contribution in [0.2, 0.25) is 0 Å². The summed E-state index contributed by atoms with van der Waals surface area (Å²) in [6, 6.07) is 8.50. The van der Waals surface area contributed by atoms with Crippen molar-refractivity contribution in [3.05, 3.63) is 53.0 Å². The first kappa shape index (κ1) is 25.8. The molecular weight excluding hydrogens is 480 g/mol. The summed E-state index contributed by atoms with van der Waals surface area (Å²) < 4.78 is 28.2. The maximum absolute atomic E-state index is 13.3. The Kier molecular flexibility index (Phi) is 7.41. The van der Waals surface area contributed by atoms with Crippen LogP contribution in [0.4, 0.5) is 5.69 Å². The zero-order chi connectivity index (χ0) is 26.0. The number of pyridine rings is 1. The van der Waals surface area contributed by atoms with Gasteiger partial charge in [-0.15, -0.1) is 0 Å². The van der Waals surface area contributed by atoms with Crippen molar-refractivity contribution in [3.8, 4) is 0 Å². The van der Waals surface area contributed by atoms with Crippen LogP contribution in [-0.4, -0.2) is 58.1 Å². The van der Waals surface area contributed by atoms with E-state index in [4.69, 9.17) is 5.73 Å². The number of fused-ring (bicyclic) bond motifs is 1. The standard InChI is InChI=1S/C25H32N6O4S/c1-4-13-36(34,35)30-11-9-18(10-12-30)15-31-17(3)23(16(2)29-31)28-25(33)20-14-22(24(26)32)27-21-8-6-5-7-19(20)21/h5-8,14,18H,4,9-13,15H2,1-3H3,(H2,26,32)(H,28,33). The largest absolute Gasteiger partial charge is 0.364 e. The van der Waals surface area contributed by atoms with Gasteiger partial charge in [0.25, 0.3) is 11.8 Å². The number of amides is 2. The van der Waals surface area contributed by atoms with Gasteiger partial charge in [-0.25, -0.2) is 17.7 Å². The summed E-state index contributed by atoms with van der Waals surface area (Å²) in [6.07, 6.45) is 2.14. The van der Waals surface area contributed by atoms with E-state index in [2.05, 4.69) is 15.4 Å². The van der Waals surface area contributed by atoms with Crippen LogP contribution in [0.25, 0.3) is 10.9 Å². The third-order valence-corrected chi connectivity index (χ3v) is 8.77. The highest BCUT2D eigenvalue weighted by Crippen LogP contribution is 2.27. The first-order valence-corrected chi connectivity index (χ1v) is 13.7. The molecule has 2 amide bonds. The van der Waals surface area contributed by atoms with E-state index in [-0.39, 0.29) is 17.4 Å². The first-order chi connectivity index (χ1) is 17.1. The van der Waals surface area contributed by atoms with Crippen LogP contribution < -0.4 is 11.1 Å². The van der Waals surface area contributed by atoms with Gasteiger partial charge < -0.3 is 11.1 Å². The minimum atomic E-state index is -3.17. The number of primary amides is 1. The predicted octanol–water partition coefficient (Wildman–Crippen LogP) is 2.85. The van der Waals surface area contributed by atoms with Gasteiger partial charge in [-0.05, 0) is 51.2 Å². The molecule has 36 heavy (non-hydrogen) atoms. The number of sulfonamides is 1. The van der Waals surface area contributed by atoms with Crippen LogP contribution in [0.1, 0.15) is 58.4 Å². The number of benzene rings is 1. The van der Waals surface area contributed by atoms with Gasteiger partial charge in [-0.1, -0.05) is 25.1 Å². The van der Waals surface area contributed by atoms with Crippen LogP contribution in [0, 0.1) is 19.8 Å². The quantitative estimate of drug-likeness (QED) is 0.476. The number of piperidine rings is 1. The van der Waals surface area contributed by atoms with Gasteiger partial charge in [0.2, 0.25) is 10.0 Å². The highest BCUT2D eigenvalue weighted by Gasteiger charge is 2.28. The van der Waals surface area contributed by atoms with Crippen LogP contribution in [-0.2, 0) is 16.6 Å². The van der Waals surface area contributed by atoms with E-state index in [0.29, 0.717) is 59.8 Å². The Labute approximate surface area is 210 Å². The molecule has 11 heteroatoms. The normalized spacial score (nSPS) is 15.3. The molecule has 0 atom stereocenters. The number of aromatic nitrogens is 3. The second-order valence-electron chi connectivity index (χ2n) is 9.28. The van der Waals surface area contributed by atoms with Crippen molar-refractivity contribution in [2.75, 3.05) is 24.2 Å². The predicted molar refractivity (Wildman–Crippen MR) is 138 cm³/mol. The molecule has 1 fully saturated rings. The number of nitrogens with two attached hydrogens (primary N) is 1. The average Bonchev–Trinajstić information content (AvgIpc) is 3.10. The van der Waals surface area contributed by atoms with Crippen molar-refractivity contribution < 1.29 is 18.0 Å². The number of nitrogens with zero attached hydrogens (tertiary/aromatic N) is 4. The van der Waals surface area contributed by atoms with Gasteiger partial charge >= 0.3 is 0 Å². The number of hydrogen-bond donors (Lipinski definition) is 2. The molecule has 0 radical (unpaired) electrons. The molecule has 4 rings (SSSR count). The number of para-hydroxylation sites is 1. The zero-order valence-electron chi connectivity index (χ0n) is 20.8. The van der Waals surface area contributed by atoms with Crippen molar-refractivity contribution in [1.82, 2.24) is 19.1 Å². The van der Waals surface area contributed by atoms with Crippen molar-refractivity contribution in [2.24, 2.45) is 11.7 Å². The molecule has 1 aliphatic rings. The van der Waals surface area contributed by atoms with E-state index >= 15 is 0 Å². The fourth-order valence-electron chi connectivity index (χ4n) is 4.73. The van der Waals surface area contributed by atoms with E-state index in [9.17, 15) is 18.0 Å². The topological polar surface area (TPSA) is 140 Å². The number of nitrogens with one attached hydrogen (secondary N) is 1. The van der Waals surface area contributed by atoms with E-state index < -0.39 is 15.9 Å². The summed E-state index contributed by atoms with van der Waals surface area (Å²) in [6.45, 7) is 7.29. The molecule has 2 aromatic heterocycles. The van der Waals surface area contributed by atoms with Gasteiger partial charge in [0.05, 0.1) is 33.9 Å². The second-order valence-corrected chi connectivity index (χ2v) is 11.4. The van der Waals surface area contributed by atoms with E-state index in [1.165, 1.54) is 6.07 Å². The lowest BCUT2D eigenvalue weighted by Gasteiger charge is -2.31. The summed E-state index contributed by atoms with van der Waals surface area (Å²) in [5, 5.41) is 8.22. The van der Waals surface area contributed by atoms with Gasteiger partial charge in [0, 0.05) is 25.0 Å². The molecular formula is C25H32N6O4S. The van der Waals surface area contributed by atoms with Gasteiger partial charge in [0.15, 0.2) is 0 Å². The third-order valence-electron chi connectivity index (χ3n) is 6.69. The summed E-state index contributed by atoms with van der Waals surface area (Å²) in [4.78, 5) is 29.3. The number of hydrogen-bond acceptors (Lipinski definition) is 6. The van der Waals surface area contributed by atoms with Crippen LogP contribution in [0.5, 0.6) is 0 Å². The summed E-state index contributed by atoms with van der Waals surface area (Å²) in [5.74, 6) is -0.604. The summed E-state index contributed by atoms with van der Waals surface area (Å²) in [7, 11) is -3.17. The highest BCUT2D eigenvalue weighted by atomic mass is 32.2. The lowest BCUT2D eigenvalue weighted by atomic mass is 9.98. The molecule has 0 spiro atoms. The molecule has 1 aromatic carbocycles. The molecule has 0 bridgehead atoms. The SMILES string of the molecule is CCCS(=O)(=O)N1CCC(Cn2nc(C)c(NC(=O)c3cc(C(N)=O)nc4ccccc34)c2C)CC1. The highest BCUT2D eigenvalue weighted by molar-refractivity contribution is 7.89. The van der Waals surface area contributed by atoms with E-state index in [1.807, 2.05) is 25.5 Å². The number of rotatable bonds is 8. The monoisotopic (exact) mass is 512 g/mol. The van der Waals surface area contributed by atoms with Crippen LogP contribution in [0.3, 0.4) is 0 Å². The lowest BCUT2D eigenvalue weighted by molar-refractivity contribution is 0.0996. The van der Waals surface area contributed by atoms with Crippen molar-refractivity contribution in [1.29, 1.82) is 0 Å². The molecule has 3 N–H and O–H groups in total. The Morgan fingerprint density at radius 1 is 1.17 bits per heavy atom. The maximum atomic E-state index is 13.3.